The number of fused-ring (bicyclic) bond motifs is 1. The third kappa shape index (κ3) is 3.36. The van der Waals surface area contributed by atoms with Crippen molar-refractivity contribution in [3.8, 4) is 11.3 Å². The van der Waals surface area contributed by atoms with Gasteiger partial charge in [0.2, 0.25) is 10.2 Å². The van der Waals surface area contributed by atoms with E-state index in [2.05, 4.69) is 10.1 Å². The smallest absolute Gasteiger partial charge is 0.441 e. The van der Waals surface area contributed by atoms with Gasteiger partial charge >= 0.3 is 6.18 Å². The molecule has 3 heterocycles. The Bertz CT molecular complexity index is 1090. The highest BCUT2D eigenvalue weighted by Gasteiger charge is 2.46. The number of amidine groups is 2. The molecular formula is C17H8ClF3N4O2S. The number of hydrogen-bond acceptors (Lipinski definition) is 5. The summed E-state index contributed by atoms with van der Waals surface area (Å²) in [6, 6.07) is 10.1. The monoisotopic (exact) mass is 424 g/mol. The number of nitrogens with one attached hydrogen (secondary N) is 1. The Morgan fingerprint density at radius 3 is 2.57 bits per heavy atom. The van der Waals surface area contributed by atoms with Gasteiger partial charge in [-0.3, -0.25) is 10.2 Å². The van der Waals surface area contributed by atoms with Crippen molar-refractivity contribution in [1.29, 1.82) is 5.41 Å². The topological polar surface area (TPSA) is 82.0 Å². The Labute approximate surface area is 164 Å². The van der Waals surface area contributed by atoms with Crippen LogP contribution in [0.4, 0.5) is 13.2 Å². The number of amides is 1. The van der Waals surface area contributed by atoms with E-state index >= 15 is 0 Å². The predicted molar refractivity (Wildman–Crippen MR) is 100 cm³/mol. The van der Waals surface area contributed by atoms with Gasteiger partial charge < -0.3 is 4.42 Å². The molecule has 4 rings (SSSR count). The summed E-state index contributed by atoms with van der Waals surface area (Å²) in [7, 11) is 0. The molecule has 1 N–H and O–H groups in total. The van der Waals surface area contributed by atoms with E-state index < -0.39 is 23.0 Å². The minimum atomic E-state index is -4.69. The minimum absolute atomic E-state index is 0.198. The molecule has 1 aromatic carbocycles. The lowest BCUT2D eigenvalue weighted by Crippen LogP contribution is -2.35. The Balaban J connectivity index is 1.64. The van der Waals surface area contributed by atoms with Crippen LogP contribution >= 0.6 is 23.4 Å². The van der Waals surface area contributed by atoms with Crippen LogP contribution in [0.15, 0.2) is 56.5 Å². The lowest BCUT2D eigenvalue weighted by molar-refractivity contribution is -0.114. The number of thioether (sulfide) groups is 1. The van der Waals surface area contributed by atoms with Crippen LogP contribution in [0.2, 0.25) is 5.02 Å². The van der Waals surface area contributed by atoms with Crippen LogP contribution in [0.25, 0.3) is 17.4 Å². The van der Waals surface area contributed by atoms with Crippen LogP contribution in [0.3, 0.4) is 0 Å². The number of carbonyl (C=O) groups is 1. The van der Waals surface area contributed by atoms with Gasteiger partial charge in [-0.05, 0) is 54.2 Å². The molecule has 2 aromatic rings. The summed E-state index contributed by atoms with van der Waals surface area (Å²) in [6.07, 6.45) is -3.44. The van der Waals surface area contributed by atoms with E-state index in [0.717, 1.165) is 5.56 Å². The van der Waals surface area contributed by atoms with Gasteiger partial charge in [0.1, 0.15) is 11.5 Å². The number of hydrogen-bond donors (Lipinski definition) is 1. The lowest BCUT2D eigenvalue weighted by Gasteiger charge is -2.19. The van der Waals surface area contributed by atoms with Crippen molar-refractivity contribution in [2.75, 3.05) is 0 Å². The second-order valence-electron chi connectivity index (χ2n) is 5.63. The van der Waals surface area contributed by atoms with Crippen molar-refractivity contribution in [3.63, 3.8) is 0 Å². The first kappa shape index (κ1) is 18.5. The Kier molecular flexibility index (Phi) is 4.39. The molecule has 1 amide bonds. The summed E-state index contributed by atoms with van der Waals surface area (Å²) in [5.74, 6) is -0.613. The number of carbonyl (C=O) groups excluding carboxylic acids is 1. The number of benzene rings is 1. The van der Waals surface area contributed by atoms with Crippen LogP contribution < -0.4 is 0 Å². The first-order chi connectivity index (χ1) is 13.2. The van der Waals surface area contributed by atoms with Gasteiger partial charge in [-0.25, -0.2) is 0 Å². The summed E-state index contributed by atoms with van der Waals surface area (Å²) in [5.41, 5.74) is 0.517. The quantitative estimate of drug-likeness (QED) is 0.703. The maximum atomic E-state index is 12.8. The fraction of sp³-hybridized carbons (Fsp3) is 0.0588. The van der Waals surface area contributed by atoms with Crippen LogP contribution in [-0.2, 0) is 4.79 Å². The molecule has 0 atom stereocenters. The second-order valence-corrected chi connectivity index (χ2v) is 7.02. The molecule has 11 heteroatoms. The number of nitrogens with zero attached hydrogens (tertiary/aromatic N) is 3. The van der Waals surface area contributed by atoms with Crippen LogP contribution in [0, 0.1) is 5.41 Å². The molecular weight excluding hydrogens is 417 g/mol. The van der Waals surface area contributed by atoms with E-state index in [4.69, 9.17) is 21.4 Å². The summed E-state index contributed by atoms with van der Waals surface area (Å²) in [5, 5.41) is 11.2. The molecule has 0 saturated heterocycles. The van der Waals surface area contributed by atoms with Crippen molar-refractivity contribution >= 4 is 51.4 Å². The molecule has 0 bridgehead atoms. The van der Waals surface area contributed by atoms with Crippen LogP contribution in [0.1, 0.15) is 5.76 Å². The highest BCUT2D eigenvalue weighted by atomic mass is 35.5. The van der Waals surface area contributed by atoms with Crippen LogP contribution in [-0.4, -0.2) is 33.1 Å². The maximum Gasteiger partial charge on any atom is 0.441 e. The number of aliphatic imine (C=N–C) groups is 1. The zero-order valence-corrected chi connectivity index (χ0v) is 15.2. The lowest BCUT2D eigenvalue weighted by atomic mass is 10.1. The van der Waals surface area contributed by atoms with Gasteiger partial charge in [-0.1, -0.05) is 11.6 Å². The first-order valence-electron chi connectivity index (χ1n) is 7.65. The van der Waals surface area contributed by atoms with Gasteiger partial charge in [0, 0.05) is 10.6 Å². The Morgan fingerprint density at radius 1 is 1.18 bits per heavy atom. The summed E-state index contributed by atoms with van der Waals surface area (Å²) in [4.78, 5) is 15.8. The van der Waals surface area contributed by atoms with Crippen molar-refractivity contribution in [2.24, 2.45) is 10.1 Å². The fourth-order valence-electron chi connectivity index (χ4n) is 2.45. The minimum Gasteiger partial charge on any atom is -0.457 e. The van der Waals surface area contributed by atoms with E-state index in [-0.39, 0.29) is 28.3 Å². The van der Waals surface area contributed by atoms with E-state index in [1.165, 1.54) is 6.08 Å². The number of alkyl halides is 3. The molecule has 0 aliphatic carbocycles. The molecule has 6 nitrogen and oxygen atoms in total. The first-order valence-corrected chi connectivity index (χ1v) is 8.85. The molecule has 2 aliphatic rings. The van der Waals surface area contributed by atoms with Crippen molar-refractivity contribution in [2.45, 2.75) is 6.18 Å². The average molecular weight is 425 g/mol. The molecule has 1 aromatic heterocycles. The normalized spacial score (nSPS) is 18.4. The highest BCUT2D eigenvalue weighted by Crippen LogP contribution is 2.35. The Morgan fingerprint density at radius 2 is 1.89 bits per heavy atom. The van der Waals surface area contributed by atoms with Crippen LogP contribution in [0.5, 0.6) is 0 Å². The number of rotatable bonds is 2. The van der Waals surface area contributed by atoms with Crippen molar-refractivity contribution in [1.82, 2.24) is 5.01 Å². The van der Waals surface area contributed by atoms with Gasteiger partial charge in [-0.15, -0.1) is 0 Å². The molecule has 2 aliphatic heterocycles. The van der Waals surface area contributed by atoms with Gasteiger partial charge in [0.15, 0.2) is 5.84 Å². The van der Waals surface area contributed by atoms with E-state index in [0.29, 0.717) is 15.8 Å². The molecule has 0 fully saturated rings. The third-order valence-corrected chi connectivity index (χ3v) is 4.94. The van der Waals surface area contributed by atoms with Gasteiger partial charge in [-0.2, -0.15) is 28.3 Å². The SMILES string of the molecule is N=C1/C(=C/c2ccc(-c3ccc(Cl)cc3)o2)C(=O)N=C2SC(C(F)(F)F)=NN12. The fourth-order valence-corrected chi connectivity index (χ4v) is 3.33. The zero-order valence-electron chi connectivity index (χ0n) is 13.6. The Hall–Kier alpha value is -2.85. The van der Waals surface area contributed by atoms with Crippen molar-refractivity contribution in [3.05, 3.63) is 52.8 Å². The number of halogens is 4. The van der Waals surface area contributed by atoms with Crippen molar-refractivity contribution < 1.29 is 22.4 Å². The van der Waals surface area contributed by atoms with E-state index in [9.17, 15) is 18.0 Å². The number of hydrazone groups is 1. The molecule has 0 saturated carbocycles. The highest BCUT2D eigenvalue weighted by molar-refractivity contribution is 8.27. The molecule has 142 valence electrons. The van der Waals surface area contributed by atoms with Gasteiger partial charge in [0.05, 0.1) is 5.57 Å². The summed E-state index contributed by atoms with van der Waals surface area (Å²) >= 11 is 6.04. The second kappa shape index (κ2) is 6.64. The summed E-state index contributed by atoms with van der Waals surface area (Å²) in [6.45, 7) is 0. The molecule has 28 heavy (non-hydrogen) atoms. The molecule has 0 radical (unpaired) electrons. The number of furan rings is 1. The average Bonchev–Trinajstić information content (AvgIpc) is 3.26. The largest absolute Gasteiger partial charge is 0.457 e. The van der Waals surface area contributed by atoms with E-state index in [1.54, 1.807) is 36.4 Å². The van der Waals surface area contributed by atoms with E-state index in [1.807, 2.05) is 0 Å². The summed E-state index contributed by atoms with van der Waals surface area (Å²) < 4.78 is 44.1. The molecule has 0 unspecified atom stereocenters. The maximum absolute atomic E-state index is 12.8. The molecule has 0 spiro atoms. The zero-order chi connectivity index (χ0) is 20.1. The third-order valence-electron chi connectivity index (χ3n) is 3.74. The van der Waals surface area contributed by atoms with Gasteiger partial charge in [0.25, 0.3) is 5.91 Å². The predicted octanol–water partition coefficient (Wildman–Crippen LogP) is 4.78. The standard InChI is InChI=1S/C17H8ClF3N4O2S/c18-9-3-1-8(2-4-9)12-6-5-10(27-12)7-11-13(22)25-16(23-14(11)26)28-15(24-25)17(19,20)21/h1-7,22H/b11-7-,22-13?.